The number of carbonyl (C=O) groups is 1. The summed E-state index contributed by atoms with van der Waals surface area (Å²) in [5, 5.41) is 0.491. The van der Waals surface area contributed by atoms with Gasteiger partial charge >= 0.3 is 24.4 Å². The number of hydrogen-bond acceptors (Lipinski definition) is 3. The predicted octanol–water partition coefficient (Wildman–Crippen LogP) is 6.70. The minimum atomic E-state index is -5.68. The van der Waals surface area contributed by atoms with Gasteiger partial charge in [-0.1, -0.05) is 49.7 Å². The molecule has 0 saturated carbocycles. The fourth-order valence-corrected chi connectivity index (χ4v) is 2.88. The molecule has 2 aromatic rings. The van der Waals surface area contributed by atoms with Gasteiger partial charge in [0.15, 0.2) is 0 Å². The summed E-state index contributed by atoms with van der Waals surface area (Å²) in [5.41, 5.74) is 0.802. The molecule has 2 aromatic carbocycles. The van der Waals surface area contributed by atoms with Gasteiger partial charge in [0.2, 0.25) is 0 Å². The van der Waals surface area contributed by atoms with E-state index < -0.39 is 36.1 Å². The number of hydrogen-bond donors (Lipinski definition) is 0. The molecule has 1 atom stereocenters. The van der Waals surface area contributed by atoms with Crippen molar-refractivity contribution in [2.75, 3.05) is 0 Å². The Morgan fingerprint density at radius 3 is 2.19 bits per heavy atom. The van der Waals surface area contributed by atoms with Crippen LogP contribution in [-0.4, -0.2) is 24.4 Å². The van der Waals surface area contributed by atoms with Crippen molar-refractivity contribution in [2.45, 2.75) is 44.8 Å². The molecule has 0 aromatic heterocycles. The maximum Gasteiger partial charge on any atom is 0.470 e. The van der Waals surface area contributed by atoms with Gasteiger partial charge < -0.3 is 9.47 Å². The van der Waals surface area contributed by atoms with Gasteiger partial charge in [-0.2, -0.15) is 17.6 Å². The first kappa shape index (κ1) is 24.8. The zero-order valence-electron chi connectivity index (χ0n) is 16.4. The lowest BCUT2D eigenvalue weighted by molar-refractivity contribution is -0.342. The Kier molecular flexibility index (Phi) is 7.86. The van der Waals surface area contributed by atoms with E-state index in [4.69, 9.17) is 16.3 Å². The Balaban J connectivity index is 2.10. The second-order valence-electron chi connectivity index (χ2n) is 7.07. The van der Waals surface area contributed by atoms with Crippen molar-refractivity contribution in [2.24, 2.45) is 5.92 Å². The maximum absolute atomic E-state index is 13.4. The zero-order valence-corrected chi connectivity index (χ0v) is 17.2. The van der Waals surface area contributed by atoms with E-state index >= 15 is 0 Å². The number of ether oxygens (including phenoxy) is 2. The van der Waals surface area contributed by atoms with Crippen LogP contribution in [0.15, 0.2) is 48.5 Å². The third-order valence-corrected chi connectivity index (χ3v) is 4.59. The molecule has 0 saturated heterocycles. The first-order valence-electron chi connectivity index (χ1n) is 9.09. The Morgan fingerprint density at radius 1 is 1.03 bits per heavy atom. The molecule has 0 heterocycles. The van der Waals surface area contributed by atoms with Crippen LogP contribution in [0.3, 0.4) is 0 Å². The average molecular weight is 469 g/mol. The number of benzene rings is 2. The van der Waals surface area contributed by atoms with Gasteiger partial charge in [-0.05, 0) is 41.3 Å². The van der Waals surface area contributed by atoms with Crippen molar-refractivity contribution >= 4 is 17.6 Å². The summed E-state index contributed by atoms with van der Waals surface area (Å²) in [5.74, 6) is -7.84. The quantitative estimate of drug-likeness (QED) is 0.303. The van der Waals surface area contributed by atoms with Crippen LogP contribution in [0.4, 0.5) is 26.3 Å². The molecule has 0 aliphatic heterocycles. The molecule has 0 radical (unpaired) electrons. The second kappa shape index (κ2) is 9.80. The van der Waals surface area contributed by atoms with Crippen molar-refractivity contribution in [3.63, 3.8) is 0 Å². The lowest BCUT2D eigenvalue weighted by atomic mass is 9.88. The van der Waals surface area contributed by atoms with Crippen LogP contribution in [0.5, 0.6) is 5.75 Å². The molecular weight excluding hydrogens is 450 g/mol. The van der Waals surface area contributed by atoms with Crippen LogP contribution in [0.2, 0.25) is 5.02 Å². The van der Waals surface area contributed by atoms with E-state index in [0.717, 1.165) is 12.1 Å². The zero-order chi connectivity index (χ0) is 23.4. The predicted molar refractivity (Wildman–Crippen MR) is 102 cm³/mol. The largest absolute Gasteiger partial charge is 0.470 e. The highest BCUT2D eigenvalue weighted by Gasteiger charge is 2.66. The summed E-state index contributed by atoms with van der Waals surface area (Å²) in [6.45, 7) is 3.24. The summed E-state index contributed by atoms with van der Waals surface area (Å²) in [6, 6.07) is 10.9. The van der Waals surface area contributed by atoms with Gasteiger partial charge in [0.05, 0.1) is 5.92 Å². The number of alkyl halides is 6. The Morgan fingerprint density at radius 2 is 1.65 bits per heavy atom. The Labute approximate surface area is 179 Å². The molecule has 0 amide bonds. The third-order valence-electron chi connectivity index (χ3n) is 4.34. The van der Waals surface area contributed by atoms with Crippen molar-refractivity contribution in [3.8, 4) is 5.75 Å². The van der Waals surface area contributed by atoms with Crippen molar-refractivity contribution < 1.29 is 40.6 Å². The monoisotopic (exact) mass is 468 g/mol. The topological polar surface area (TPSA) is 35.5 Å². The van der Waals surface area contributed by atoms with Crippen LogP contribution >= 0.6 is 11.6 Å². The molecule has 0 aliphatic rings. The first-order chi connectivity index (χ1) is 14.3. The number of esters is 1. The van der Waals surface area contributed by atoms with Gasteiger partial charge in [-0.15, -0.1) is 0 Å². The SMILES string of the molecule is CC(C)C(C(=O)OCc1cccc(OC(F)(F)C(F)(F)C(F)F)c1)c1ccc(Cl)cc1. The van der Waals surface area contributed by atoms with Crippen LogP contribution in [0.25, 0.3) is 0 Å². The second-order valence-corrected chi connectivity index (χ2v) is 7.51. The van der Waals surface area contributed by atoms with Crippen molar-refractivity contribution in [1.82, 2.24) is 0 Å². The average Bonchev–Trinajstić information content (AvgIpc) is 2.67. The molecule has 31 heavy (non-hydrogen) atoms. The van der Waals surface area contributed by atoms with Gasteiger partial charge in [0.1, 0.15) is 12.4 Å². The Bertz CT molecular complexity index is 887. The third kappa shape index (κ3) is 6.06. The molecule has 170 valence electrons. The lowest BCUT2D eigenvalue weighted by Gasteiger charge is -2.25. The molecule has 10 heteroatoms. The highest BCUT2D eigenvalue weighted by atomic mass is 35.5. The van der Waals surface area contributed by atoms with Gasteiger partial charge in [0, 0.05) is 5.02 Å². The first-order valence-corrected chi connectivity index (χ1v) is 9.46. The van der Waals surface area contributed by atoms with E-state index in [2.05, 4.69) is 4.74 Å². The highest BCUT2D eigenvalue weighted by molar-refractivity contribution is 6.30. The highest BCUT2D eigenvalue weighted by Crippen LogP contribution is 2.40. The molecule has 0 fully saturated rings. The minimum absolute atomic E-state index is 0.139. The standard InChI is InChI=1S/C21H19ClF6O3/c1-12(2)17(14-6-8-15(22)9-7-14)18(29)30-11-13-4-3-5-16(10-13)31-21(27,28)20(25,26)19(23)24/h3-10,12,17,19H,11H2,1-2H3. The lowest BCUT2D eigenvalue weighted by Crippen LogP contribution is -2.50. The summed E-state index contributed by atoms with van der Waals surface area (Å²) < 4.78 is 86.4. The minimum Gasteiger partial charge on any atom is -0.460 e. The van der Waals surface area contributed by atoms with E-state index in [-0.39, 0.29) is 18.1 Å². The molecule has 0 N–H and O–H groups in total. The summed E-state index contributed by atoms with van der Waals surface area (Å²) >= 11 is 5.85. The molecule has 0 spiro atoms. The normalized spacial score (nSPS) is 13.4. The summed E-state index contributed by atoms with van der Waals surface area (Å²) in [4.78, 5) is 12.6. The van der Waals surface area contributed by atoms with E-state index in [1.54, 1.807) is 38.1 Å². The van der Waals surface area contributed by atoms with Gasteiger partial charge in [-0.25, -0.2) is 8.78 Å². The van der Waals surface area contributed by atoms with Gasteiger partial charge in [0.25, 0.3) is 0 Å². The van der Waals surface area contributed by atoms with Crippen LogP contribution in [0.1, 0.15) is 30.9 Å². The smallest absolute Gasteiger partial charge is 0.460 e. The summed E-state index contributed by atoms with van der Waals surface area (Å²) in [6.07, 6.45) is -10.1. The van der Waals surface area contributed by atoms with E-state index in [0.29, 0.717) is 10.6 Å². The summed E-state index contributed by atoms with van der Waals surface area (Å²) in [7, 11) is 0. The number of halogens is 7. The molecular formula is C21H19ClF6O3. The maximum atomic E-state index is 13.4. The van der Waals surface area contributed by atoms with E-state index in [1.165, 1.54) is 12.1 Å². The number of rotatable bonds is 9. The van der Waals surface area contributed by atoms with Crippen molar-refractivity contribution in [1.29, 1.82) is 0 Å². The number of carbonyl (C=O) groups excluding carboxylic acids is 1. The molecule has 0 aliphatic carbocycles. The fraction of sp³-hybridized carbons (Fsp3) is 0.381. The molecule has 2 rings (SSSR count). The van der Waals surface area contributed by atoms with Crippen LogP contribution in [0, 0.1) is 5.92 Å². The van der Waals surface area contributed by atoms with E-state index in [1.807, 2.05) is 0 Å². The van der Waals surface area contributed by atoms with Crippen LogP contribution in [-0.2, 0) is 16.1 Å². The molecule has 3 nitrogen and oxygen atoms in total. The van der Waals surface area contributed by atoms with Gasteiger partial charge in [-0.3, -0.25) is 4.79 Å². The van der Waals surface area contributed by atoms with Crippen molar-refractivity contribution in [3.05, 3.63) is 64.7 Å². The van der Waals surface area contributed by atoms with E-state index in [9.17, 15) is 31.1 Å². The van der Waals surface area contributed by atoms with Crippen LogP contribution < -0.4 is 4.74 Å². The fourth-order valence-electron chi connectivity index (χ4n) is 2.75. The Hall–Kier alpha value is -2.42. The molecule has 0 bridgehead atoms. The molecule has 1 unspecified atom stereocenters.